The Morgan fingerprint density at radius 2 is 2.14 bits per heavy atom. The molecule has 3 rings (SSSR count). The van der Waals surface area contributed by atoms with E-state index in [1.165, 1.54) is 4.68 Å². The first kappa shape index (κ1) is 13.3. The Morgan fingerprint density at radius 1 is 1.38 bits per heavy atom. The second kappa shape index (κ2) is 5.02. The van der Waals surface area contributed by atoms with Gasteiger partial charge >= 0.3 is 0 Å². The second-order valence-corrected chi connectivity index (χ2v) is 4.54. The molecule has 0 spiro atoms. The van der Waals surface area contributed by atoms with Crippen LogP contribution in [0.4, 0.5) is 0 Å². The highest BCUT2D eigenvalue weighted by molar-refractivity contribution is 5.79. The van der Waals surface area contributed by atoms with Gasteiger partial charge in [0.2, 0.25) is 0 Å². The number of nitrogens with one attached hydrogen (secondary N) is 1. The SMILES string of the molecule is COc1ccccc1-c1nc2c(c(CO)nn2C)c(=O)[nH]1. The standard InChI is InChI=1S/C14H14N4O3/c1-18-13-11(9(7-19)17-18)14(20)16-12(15-13)8-5-3-4-6-10(8)21-2/h3-6,19H,7H2,1-2H3,(H,15,16,20). The molecule has 7 nitrogen and oxygen atoms in total. The maximum atomic E-state index is 12.3. The molecule has 0 atom stereocenters. The Labute approximate surface area is 119 Å². The summed E-state index contributed by atoms with van der Waals surface area (Å²) in [7, 11) is 3.24. The second-order valence-electron chi connectivity index (χ2n) is 4.54. The van der Waals surface area contributed by atoms with Crippen molar-refractivity contribution in [2.75, 3.05) is 7.11 Å². The van der Waals surface area contributed by atoms with Gasteiger partial charge in [0.25, 0.3) is 5.56 Å². The summed E-state index contributed by atoms with van der Waals surface area (Å²) in [4.78, 5) is 19.4. The molecule has 2 heterocycles. The van der Waals surface area contributed by atoms with Crippen LogP contribution in [0.2, 0.25) is 0 Å². The highest BCUT2D eigenvalue weighted by Gasteiger charge is 2.16. The van der Waals surface area contributed by atoms with E-state index in [0.717, 1.165) is 0 Å². The maximum Gasteiger partial charge on any atom is 0.262 e. The molecule has 7 heteroatoms. The molecule has 0 bridgehead atoms. The lowest BCUT2D eigenvalue weighted by molar-refractivity contribution is 0.277. The summed E-state index contributed by atoms with van der Waals surface area (Å²) in [6, 6.07) is 7.28. The summed E-state index contributed by atoms with van der Waals surface area (Å²) in [5, 5.41) is 13.7. The predicted molar refractivity (Wildman–Crippen MR) is 77.0 cm³/mol. The van der Waals surface area contributed by atoms with E-state index in [-0.39, 0.29) is 12.2 Å². The number of aromatic nitrogens is 4. The van der Waals surface area contributed by atoms with Crippen LogP contribution in [0.15, 0.2) is 29.1 Å². The van der Waals surface area contributed by atoms with Crippen molar-refractivity contribution in [1.29, 1.82) is 0 Å². The van der Waals surface area contributed by atoms with Crippen LogP contribution in [0.5, 0.6) is 5.75 Å². The fraction of sp³-hybridized carbons (Fsp3) is 0.214. The molecule has 1 aromatic carbocycles. The van der Waals surface area contributed by atoms with Crippen LogP contribution in [0.25, 0.3) is 22.4 Å². The van der Waals surface area contributed by atoms with Crippen molar-refractivity contribution in [1.82, 2.24) is 19.7 Å². The number of nitrogens with zero attached hydrogens (tertiary/aromatic N) is 3. The monoisotopic (exact) mass is 286 g/mol. The maximum absolute atomic E-state index is 12.3. The molecule has 0 unspecified atom stereocenters. The van der Waals surface area contributed by atoms with E-state index in [0.29, 0.717) is 33.9 Å². The number of H-pyrrole nitrogens is 1. The van der Waals surface area contributed by atoms with Gasteiger partial charge in [-0.15, -0.1) is 0 Å². The Kier molecular flexibility index (Phi) is 3.19. The molecule has 0 fully saturated rings. The van der Waals surface area contributed by atoms with Crippen molar-refractivity contribution in [3.05, 3.63) is 40.3 Å². The van der Waals surface area contributed by atoms with Gasteiger partial charge in [-0.3, -0.25) is 4.79 Å². The van der Waals surface area contributed by atoms with Crippen molar-refractivity contribution in [2.24, 2.45) is 7.05 Å². The van der Waals surface area contributed by atoms with E-state index in [1.54, 1.807) is 20.2 Å². The summed E-state index contributed by atoms with van der Waals surface area (Å²) in [5.41, 5.74) is 1.08. The van der Waals surface area contributed by atoms with Crippen LogP contribution in [0.1, 0.15) is 5.69 Å². The molecular formula is C14H14N4O3. The third-order valence-electron chi connectivity index (χ3n) is 3.28. The zero-order valence-corrected chi connectivity index (χ0v) is 11.6. The van der Waals surface area contributed by atoms with Gasteiger partial charge in [0.05, 0.1) is 19.3 Å². The van der Waals surface area contributed by atoms with Gasteiger partial charge in [-0.2, -0.15) is 5.10 Å². The summed E-state index contributed by atoms with van der Waals surface area (Å²) < 4.78 is 6.77. The first-order valence-corrected chi connectivity index (χ1v) is 6.36. The highest BCUT2D eigenvalue weighted by Crippen LogP contribution is 2.27. The van der Waals surface area contributed by atoms with Gasteiger partial charge in [0.1, 0.15) is 22.7 Å². The van der Waals surface area contributed by atoms with E-state index in [4.69, 9.17) is 4.74 Å². The number of hydrogen-bond donors (Lipinski definition) is 2. The molecular weight excluding hydrogens is 272 g/mol. The summed E-state index contributed by atoms with van der Waals surface area (Å²) in [5.74, 6) is 1.02. The number of aliphatic hydroxyl groups excluding tert-OH is 1. The molecule has 3 aromatic rings. The van der Waals surface area contributed by atoms with Crippen LogP contribution in [0.3, 0.4) is 0 Å². The minimum atomic E-state index is -0.335. The molecule has 108 valence electrons. The topological polar surface area (TPSA) is 93.0 Å². The van der Waals surface area contributed by atoms with E-state index >= 15 is 0 Å². The number of benzene rings is 1. The number of hydrogen-bond acceptors (Lipinski definition) is 5. The van der Waals surface area contributed by atoms with Gasteiger partial charge in [-0.1, -0.05) is 12.1 Å². The lowest BCUT2D eigenvalue weighted by Crippen LogP contribution is -2.11. The largest absolute Gasteiger partial charge is 0.496 e. The molecule has 0 saturated carbocycles. The Bertz CT molecular complexity index is 866. The van der Waals surface area contributed by atoms with E-state index in [1.807, 2.05) is 18.2 Å². The van der Waals surface area contributed by atoms with Crippen molar-refractivity contribution in [3.8, 4) is 17.1 Å². The third kappa shape index (κ3) is 2.07. The van der Waals surface area contributed by atoms with Crippen molar-refractivity contribution >= 4 is 11.0 Å². The van der Waals surface area contributed by atoms with Crippen LogP contribution >= 0.6 is 0 Å². The van der Waals surface area contributed by atoms with Crippen LogP contribution in [0, 0.1) is 0 Å². The molecule has 2 N–H and O–H groups in total. The number of ether oxygens (including phenoxy) is 1. The molecule has 0 aliphatic rings. The van der Waals surface area contributed by atoms with E-state index < -0.39 is 0 Å². The lowest BCUT2D eigenvalue weighted by atomic mass is 10.2. The molecule has 0 aliphatic heterocycles. The molecule has 2 aromatic heterocycles. The Morgan fingerprint density at radius 3 is 2.86 bits per heavy atom. The number of fused-ring (bicyclic) bond motifs is 1. The van der Waals surface area contributed by atoms with Gasteiger partial charge in [-0.05, 0) is 12.1 Å². The van der Waals surface area contributed by atoms with E-state index in [9.17, 15) is 9.90 Å². The van der Waals surface area contributed by atoms with Gasteiger partial charge in [0, 0.05) is 7.05 Å². The smallest absolute Gasteiger partial charge is 0.262 e. The summed E-state index contributed by atoms with van der Waals surface area (Å²) in [6.07, 6.45) is 0. The third-order valence-corrected chi connectivity index (χ3v) is 3.28. The van der Waals surface area contributed by atoms with Crippen LogP contribution in [-0.4, -0.2) is 32.0 Å². The fourth-order valence-electron chi connectivity index (χ4n) is 2.31. The van der Waals surface area contributed by atoms with Crippen molar-refractivity contribution < 1.29 is 9.84 Å². The van der Waals surface area contributed by atoms with Crippen molar-refractivity contribution in [2.45, 2.75) is 6.61 Å². The summed E-state index contributed by atoms with van der Waals surface area (Å²) in [6.45, 7) is -0.309. The van der Waals surface area contributed by atoms with Gasteiger partial charge in [0.15, 0.2) is 5.65 Å². The number of aromatic amines is 1. The average Bonchev–Trinajstić information content (AvgIpc) is 2.84. The zero-order chi connectivity index (χ0) is 15.0. The normalized spacial score (nSPS) is 11.0. The number of methoxy groups -OCH3 is 1. The van der Waals surface area contributed by atoms with Crippen LogP contribution in [-0.2, 0) is 13.7 Å². The highest BCUT2D eigenvalue weighted by atomic mass is 16.5. The first-order chi connectivity index (χ1) is 10.2. The van der Waals surface area contributed by atoms with Crippen molar-refractivity contribution in [3.63, 3.8) is 0 Å². The van der Waals surface area contributed by atoms with Crippen LogP contribution < -0.4 is 10.3 Å². The molecule has 0 saturated heterocycles. The molecule has 0 aliphatic carbocycles. The van der Waals surface area contributed by atoms with Gasteiger partial charge in [-0.25, -0.2) is 9.67 Å². The fourth-order valence-corrected chi connectivity index (χ4v) is 2.31. The molecule has 0 amide bonds. The minimum Gasteiger partial charge on any atom is -0.496 e. The Balaban J connectivity index is 2.31. The lowest BCUT2D eigenvalue weighted by Gasteiger charge is -2.07. The summed E-state index contributed by atoms with van der Waals surface area (Å²) >= 11 is 0. The minimum absolute atomic E-state index is 0.304. The first-order valence-electron chi connectivity index (χ1n) is 6.36. The number of aliphatic hydroxyl groups is 1. The quantitative estimate of drug-likeness (QED) is 0.743. The van der Waals surface area contributed by atoms with Gasteiger partial charge < -0.3 is 14.8 Å². The number of rotatable bonds is 3. The molecule has 0 radical (unpaired) electrons. The molecule has 21 heavy (non-hydrogen) atoms. The zero-order valence-electron chi connectivity index (χ0n) is 11.6. The number of para-hydroxylation sites is 1. The number of aryl methyl sites for hydroxylation is 1. The Hall–Kier alpha value is -2.67. The van der Waals surface area contributed by atoms with E-state index in [2.05, 4.69) is 15.1 Å². The average molecular weight is 286 g/mol. The predicted octanol–water partition coefficient (Wildman–Crippen LogP) is 0.824.